The molecule has 0 saturated heterocycles. The smallest absolute Gasteiger partial charge is 0.0705 e. The molecule has 0 spiro atoms. The number of para-hydroxylation sites is 1. The molecule has 0 saturated carbocycles. The highest BCUT2D eigenvalue weighted by Crippen LogP contribution is 2.26. The van der Waals surface area contributed by atoms with E-state index in [0.29, 0.717) is 0 Å². The van der Waals surface area contributed by atoms with Crippen molar-refractivity contribution in [2.75, 3.05) is 6.54 Å². The highest BCUT2D eigenvalue weighted by Gasteiger charge is 2.07. The van der Waals surface area contributed by atoms with Gasteiger partial charge in [0, 0.05) is 23.1 Å². The number of hydrogen-bond acceptors (Lipinski definition) is 1. The van der Waals surface area contributed by atoms with Crippen LogP contribution in [0.4, 0.5) is 0 Å². The Kier molecular flexibility index (Phi) is 3.29. The highest BCUT2D eigenvalue weighted by atomic mass is 35.5. The third-order valence-corrected chi connectivity index (χ3v) is 2.87. The number of aromatic amines is 1. The van der Waals surface area contributed by atoms with Crippen molar-refractivity contribution in [2.24, 2.45) is 0 Å². The maximum Gasteiger partial charge on any atom is 0.0705 e. The summed E-state index contributed by atoms with van der Waals surface area (Å²) >= 11 is 6.26. The van der Waals surface area contributed by atoms with Crippen molar-refractivity contribution in [2.45, 2.75) is 19.9 Å². The van der Waals surface area contributed by atoms with Crippen LogP contribution >= 0.6 is 11.6 Å². The minimum atomic E-state index is 0.807. The molecule has 0 aliphatic heterocycles. The van der Waals surface area contributed by atoms with E-state index < -0.39 is 0 Å². The van der Waals surface area contributed by atoms with Crippen LogP contribution in [0.25, 0.3) is 10.9 Å². The minimum Gasteiger partial charge on any atom is -0.356 e. The quantitative estimate of drug-likeness (QED) is 0.764. The zero-order valence-corrected chi connectivity index (χ0v) is 9.56. The van der Waals surface area contributed by atoms with Crippen molar-refractivity contribution in [3.8, 4) is 0 Å². The van der Waals surface area contributed by atoms with Gasteiger partial charge in [-0.2, -0.15) is 0 Å². The van der Waals surface area contributed by atoms with Gasteiger partial charge in [0.15, 0.2) is 0 Å². The van der Waals surface area contributed by atoms with Gasteiger partial charge < -0.3 is 10.3 Å². The Morgan fingerprint density at radius 3 is 2.87 bits per heavy atom. The molecule has 2 nitrogen and oxygen atoms in total. The molecular formula is C12H15ClN2. The van der Waals surface area contributed by atoms with Crippen LogP contribution in [0.15, 0.2) is 24.3 Å². The van der Waals surface area contributed by atoms with E-state index >= 15 is 0 Å². The van der Waals surface area contributed by atoms with Gasteiger partial charge in [-0.3, -0.25) is 0 Å². The lowest BCUT2D eigenvalue weighted by molar-refractivity contribution is 0.667. The van der Waals surface area contributed by atoms with Gasteiger partial charge in [-0.05, 0) is 19.0 Å². The number of halogens is 1. The Balaban J connectivity index is 2.24. The normalized spacial score (nSPS) is 11.1. The zero-order chi connectivity index (χ0) is 10.7. The second-order valence-electron chi connectivity index (χ2n) is 3.64. The summed E-state index contributed by atoms with van der Waals surface area (Å²) in [6.07, 6.45) is 1.14. The summed E-state index contributed by atoms with van der Waals surface area (Å²) in [7, 11) is 0. The van der Waals surface area contributed by atoms with E-state index in [1.165, 1.54) is 0 Å². The molecule has 1 heterocycles. The number of aromatic nitrogens is 1. The summed E-state index contributed by atoms with van der Waals surface area (Å²) in [6, 6.07) is 8.10. The predicted molar refractivity (Wildman–Crippen MR) is 65.3 cm³/mol. The van der Waals surface area contributed by atoms with E-state index in [1.807, 2.05) is 24.3 Å². The molecule has 0 aliphatic carbocycles. The van der Waals surface area contributed by atoms with Crippen LogP contribution in [0, 0.1) is 0 Å². The average molecular weight is 223 g/mol. The van der Waals surface area contributed by atoms with Gasteiger partial charge >= 0.3 is 0 Å². The molecule has 80 valence electrons. The monoisotopic (exact) mass is 222 g/mol. The van der Waals surface area contributed by atoms with Crippen molar-refractivity contribution in [1.29, 1.82) is 0 Å². The van der Waals surface area contributed by atoms with Gasteiger partial charge in [0.05, 0.1) is 5.02 Å². The molecule has 2 rings (SSSR count). The molecule has 0 bridgehead atoms. The van der Waals surface area contributed by atoms with Gasteiger partial charge in [0.1, 0.15) is 0 Å². The van der Waals surface area contributed by atoms with E-state index in [-0.39, 0.29) is 0 Å². The number of rotatable bonds is 4. The fourth-order valence-corrected chi connectivity index (χ4v) is 1.95. The molecule has 15 heavy (non-hydrogen) atoms. The Labute approximate surface area is 94.6 Å². The van der Waals surface area contributed by atoms with Crippen molar-refractivity contribution >= 4 is 22.5 Å². The molecule has 3 heteroatoms. The summed E-state index contributed by atoms with van der Waals surface area (Å²) in [5.41, 5.74) is 2.18. The third kappa shape index (κ3) is 2.16. The topological polar surface area (TPSA) is 27.8 Å². The molecule has 1 aromatic heterocycles. The molecule has 0 fully saturated rings. The second kappa shape index (κ2) is 4.69. The molecular weight excluding hydrogens is 208 g/mol. The molecule has 2 aromatic rings. The van der Waals surface area contributed by atoms with Gasteiger partial charge in [-0.1, -0.05) is 36.7 Å². The SMILES string of the molecule is CCCNCc1[nH]c2ccccc2c1Cl. The molecule has 0 atom stereocenters. The van der Waals surface area contributed by atoms with Crippen LogP contribution in [0.1, 0.15) is 19.0 Å². The Bertz CT molecular complexity index is 448. The largest absolute Gasteiger partial charge is 0.356 e. The fourth-order valence-electron chi connectivity index (χ4n) is 1.68. The van der Waals surface area contributed by atoms with Crippen LogP contribution in [0.5, 0.6) is 0 Å². The van der Waals surface area contributed by atoms with Gasteiger partial charge in [0.25, 0.3) is 0 Å². The summed E-state index contributed by atoms with van der Waals surface area (Å²) < 4.78 is 0. The van der Waals surface area contributed by atoms with Gasteiger partial charge in [-0.15, -0.1) is 0 Å². The number of hydrogen-bond donors (Lipinski definition) is 2. The first-order valence-corrected chi connectivity index (χ1v) is 5.66. The van der Waals surface area contributed by atoms with E-state index in [0.717, 1.165) is 41.1 Å². The molecule has 1 aromatic carbocycles. The zero-order valence-electron chi connectivity index (χ0n) is 8.81. The van der Waals surface area contributed by atoms with E-state index in [1.54, 1.807) is 0 Å². The summed E-state index contributed by atoms with van der Waals surface area (Å²) in [4.78, 5) is 3.33. The van der Waals surface area contributed by atoms with Crippen molar-refractivity contribution < 1.29 is 0 Å². The van der Waals surface area contributed by atoms with Crippen LogP contribution < -0.4 is 5.32 Å². The number of benzene rings is 1. The number of nitrogens with one attached hydrogen (secondary N) is 2. The standard InChI is InChI=1S/C12H15ClN2/c1-2-7-14-8-11-12(13)9-5-3-4-6-10(9)15-11/h3-6,14-15H,2,7-8H2,1H3. The van der Waals surface area contributed by atoms with Gasteiger partial charge in [-0.25, -0.2) is 0 Å². The van der Waals surface area contributed by atoms with Crippen LogP contribution in [0.2, 0.25) is 5.02 Å². The maximum absolute atomic E-state index is 6.26. The first kappa shape index (κ1) is 10.5. The first-order chi connectivity index (χ1) is 7.33. The van der Waals surface area contributed by atoms with E-state index in [4.69, 9.17) is 11.6 Å². The highest BCUT2D eigenvalue weighted by molar-refractivity contribution is 6.36. The second-order valence-corrected chi connectivity index (χ2v) is 4.02. The molecule has 0 amide bonds. The fraction of sp³-hybridized carbons (Fsp3) is 0.333. The summed E-state index contributed by atoms with van der Waals surface area (Å²) in [5, 5.41) is 5.28. The van der Waals surface area contributed by atoms with Crippen molar-refractivity contribution in [3.05, 3.63) is 35.0 Å². The Hall–Kier alpha value is -0.990. The average Bonchev–Trinajstić information content (AvgIpc) is 2.57. The summed E-state index contributed by atoms with van der Waals surface area (Å²) in [5.74, 6) is 0. The molecule has 2 N–H and O–H groups in total. The maximum atomic E-state index is 6.26. The Morgan fingerprint density at radius 1 is 1.33 bits per heavy atom. The minimum absolute atomic E-state index is 0.807. The van der Waals surface area contributed by atoms with Crippen molar-refractivity contribution in [1.82, 2.24) is 10.3 Å². The lowest BCUT2D eigenvalue weighted by Crippen LogP contribution is -2.14. The first-order valence-electron chi connectivity index (χ1n) is 5.28. The molecule has 0 unspecified atom stereocenters. The lowest BCUT2D eigenvalue weighted by atomic mass is 10.2. The van der Waals surface area contributed by atoms with Crippen molar-refractivity contribution in [3.63, 3.8) is 0 Å². The lowest BCUT2D eigenvalue weighted by Gasteiger charge is -2.00. The number of H-pyrrole nitrogens is 1. The number of fused-ring (bicyclic) bond motifs is 1. The van der Waals surface area contributed by atoms with E-state index in [2.05, 4.69) is 17.2 Å². The predicted octanol–water partition coefficient (Wildman–Crippen LogP) is 3.32. The van der Waals surface area contributed by atoms with Crippen LogP contribution in [-0.2, 0) is 6.54 Å². The van der Waals surface area contributed by atoms with E-state index in [9.17, 15) is 0 Å². The van der Waals surface area contributed by atoms with Gasteiger partial charge in [0.2, 0.25) is 0 Å². The summed E-state index contributed by atoms with van der Waals surface area (Å²) in [6.45, 7) is 3.98. The molecule has 0 aliphatic rings. The van der Waals surface area contributed by atoms with Crippen LogP contribution in [-0.4, -0.2) is 11.5 Å². The third-order valence-electron chi connectivity index (χ3n) is 2.44. The Morgan fingerprint density at radius 2 is 2.13 bits per heavy atom. The van der Waals surface area contributed by atoms with Crippen LogP contribution in [0.3, 0.4) is 0 Å². The molecule has 0 radical (unpaired) electrons.